The van der Waals surface area contributed by atoms with Crippen molar-refractivity contribution in [2.75, 3.05) is 0 Å². The molecule has 2 aromatic rings. The lowest BCUT2D eigenvalue weighted by molar-refractivity contribution is 1.04. The number of hydrogen-bond donors (Lipinski definition) is 0. The maximum absolute atomic E-state index is 7.86. The van der Waals surface area contributed by atoms with Gasteiger partial charge in [0.1, 0.15) is 5.97 Å². The van der Waals surface area contributed by atoms with Gasteiger partial charge in [0.15, 0.2) is 0 Å². The minimum absolute atomic E-state index is 0.0403. The molecule has 0 saturated heterocycles. The summed E-state index contributed by atoms with van der Waals surface area (Å²) < 4.78 is 61.3. The molecule has 0 fully saturated rings. The van der Waals surface area contributed by atoms with Crippen molar-refractivity contribution in [2.45, 2.75) is 6.85 Å². The molecule has 0 spiro atoms. The number of imidazole rings is 1. The quantitative estimate of drug-likeness (QED) is 0.723. The van der Waals surface area contributed by atoms with Crippen LogP contribution in [-0.4, -0.2) is 14.5 Å². The average molecular weight is 246 g/mol. The summed E-state index contributed by atoms with van der Waals surface area (Å²) in [5.74, 6) is 0. The van der Waals surface area contributed by atoms with Crippen LogP contribution in [0.15, 0.2) is 35.3 Å². The molecular weight excluding hydrogens is 230 g/mol. The fourth-order valence-electron chi connectivity index (χ4n) is 0.760. The Morgan fingerprint density at radius 3 is 3.31 bits per heavy atom. The lowest BCUT2D eigenvalue weighted by Gasteiger charge is -2.00. The Kier molecular flexibility index (Phi) is 0.813. The predicted molar refractivity (Wildman–Crippen MR) is 53.8 cm³/mol. The molecule has 2 aromatic heterocycles. The van der Waals surface area contributed by atoms with Crippen LogP contribution in [-0.2, 0) is 0 Å². The molecule has 0 aliphatic rings. The van der Waals surface area contributed by atoms with Crippen molar-refractivity contribution in [3.05, 3.63) is 41.0 Å². The Morgan fingerprint density at radius 2 is 2.54 bits per heavy atom. The molecule has 0 aliphatic heterocycles. The molecule has 2 heterocycles. The van der Waals surface area contributed by atoms with E-state index in [2.05, 4.69) is 25.9 Å². The first kappa shape index (κ1) is 3.20. The van der Waals surface area contributed by atoms with Gasteiger partial charge in [-0.1, -0.05) is 0 Å². The van der Waals surface area contributed by atoms with E-state index in [0.717, 1.165) is 4.57 Å². The van der Waals surface area contributed by atoms with Gasteiger partial charge in [-0.05, 0) is 34.9 Å². The van der Waals surface area contributed by atoms with Crippen molar-refractivity contribution in [1.82, 2.24) is 14.5 Å². The zero-order chi connectivity index (χ0) is 16.1. The molecule has 0 aliphatic carbocycles. The van der Waals surface area contributed by atoms with Gasteiger partial charge in [-0.25, -0.2) is 9.97 Å². The zero-order valence-electron chi connectivity index (χ0n) is 14.2. The molecule has 66 valence electrons. The molecule has 0 bridgehead atoms. The summed E-state index contributed by atoms with van der Waals surface area (Å²) in [4.78, 5) is 7.13. The number of aryl methyl sites for hydroxylation is 1. The van der Waals surface area contributed by atoms with E-state index in [0.29, 0.717) is 0 Å². The highest BCUT2D eigenvalue weighted by Gasteiger charge is 1.97. The number of hydrogen-bond acceptors (Lipinski definition) is 2. The smallest absolute Gasteiger partial charge is 0.108 e. The van der Waals surface area contributed by atoms with E-state index >= 15 is 0 Å². The fraction of sp³-hybridized carbons (Fsp3) is 0.111. The van der Waals surface area contributed by atoms with Crippen molar-refractivity contribution in [3.8, 4) is 5.69 Å². The summed E-state index contributed by atoms with van der Waals surface area (Å²) >= 11 is 2.95. The van der Waals surface area contributed by atoms with Crippen molar-refractivity contribution in [3.63, 3.8) is 0 Å². The van der Waals surface area contributed by atoms with Crippen LogP contribution < -0.4 is 0 Å². The van der Waals surface area contributed by atoms with Gasteiger partial charge in [0.25, 0.3) is 0 Å². The Morgan fingerprint density at radius 1 is 1.62 bits per heavy atom. The van der Waals surface area contributed by atoms with Gasteiger partial charge < -0.3 is 4.57 Å². The summed E-state index contributed by atoms with van der Waals surface area (Å²) in [7, 11) is 0. The summed E-state index contributed by atoms with van der Waals surface area (Å²) in [6.07, 6.45) is -1.67. The Labute approximate surface area is 95.8 Å². The molecule has 3 nitrogen and oxygen atoms in total. The molecule has 0 saturated carbocycles. The minimum atomic E-state index is -2.68. The third-order valence-corrected chi connectivity index (χ3v) is 1.63. The summed E-state index contributed by atoms with van der Waals surface area (Å²) in [5, 5.41) is 0. The van der Waals surface area contributed by atoms with Gasteiger partial charge in [-0.15, -0.1) is 0 Å². The monoisotopic (exact) mass is 245 g/mol. The highest BCUT2D eigenvalue weighted by molar-refractivity contribution is 9.10. The van der Waals surface area contributed by atoms with Crippen molar-refractivity contribution < 1.29 is 11.0 Å². The molecule has 2 rings (SSSR count). The maximum atomic E-state index is 7.86. The molecule has 0 aromatic carbocycles. The van der Waals surface area contributed by atoms with Gasteiger partial charge in [0, 0.05) is 16.5 Å². The lowest BCUT2D eigenvalue weighted by Crippen LogP contribution is -1.90. The van der Waals surface area contributed by atoms with E-state index in [1.54, 1.807) is 0 Å². The van der Waals surface area contributed by atoms with Gasteiger partial charge >= 0.3 is 0 Å². The highest BCUT2D eigenvalue weighted by Crippen LogP contribution is 2.12. The first-order valence-electron chi connectivity index (χ1n) is 7.25. The van der Waals surface area contributed by atoms with E-state index in [1.807, 2.05) is 0 Å². The Bertz CT molecular complexity index is 697. The SMILES string of the molecule is [2H]c1nc(Br)c([2H])c(-n2c([2H])nc(C([2H])([2H])[2H])c2[2H])c1[2H]. The van der Waals surface area contributed by atoms with Crippen molar-refractivity contribution in [2.24, 2.45) is 0 Å². The van der Waals surface area contributed by atoms with E-state index < -0.39 is 37.2 Å². The highest BCUT2D eigenvalue weighted by atomic mass is 79.9. The average Bonchev–Trinajstić information content (AvgIpc) is 2.64. The topological polar surface area (TPSA) is 30.7 Å². The molecular formula is C9H8BrN3. The number of halogens is 1. The standard InChI is InChI=1S/C9H8BrN3/c1-7-5-13(6-12-7)8-2-3-11-9(10)4-8/h2-6H,1H3/i1D3,2D,3D,4D,5D,6D. The van der Waals surface area contributed by atoms with Crippen LogP contribution in [0.1, 0.15) is 16.7 Å². The number of nitrogens with zero attached hydrogens (tertiary/aromatic N) is 3. The molecule has 0 radical (unpaired) electrons. The fourth-order valence-corrected chi connectivity index (χ4v) is 1.04. The second-order valence-electron chi connectivity index (χ2n) is 2.12. The largest absolute Gasteiger partial charge is 0.306 e. The van der Waals surface area contributed by atoms with Crippen LogP contribution >= 0.6 is 15.9 Å². The van der Waals surface area contributed by atoms with Crippen LogP contribution in [0.3, 0.4) is 0 Å². The molecule has 4 heteroatoms. The molecule has 0 unspecified atom stereocenters. The van der Waals surface area contributed by atoms with Crippen molar-refractivity contribution in [1.29, 1.82) is 0 Å². The minimum Gasteiger partial charge on any atom is -0.306 e. The third-order valence-electron chi connectivity index (χ3n) is 1.25. The van der Waals surface area contributed by atoms with Crippen LogP contribution in [0, 0.1) is 6.85 Å². The lowest BCUT2D eigenvalue weighted by atomic mass is 10.4. The number of aromatic nitrogens is 3. The van der Waals surface area contributed by atoms with E-state index in [-0.39, 0.29) is 16.3 Å². The maximum Gasteiger partial charge on any atom is 0.108 e. The van der Waals surface area contributed by atoms with Gasteiger partial charge in [-0.2, -0.15) is 0 Å². The second-order valence-corrected chi connectivity index (χ2v) is 2.87. The third kappa shape index (κ3) is 1.78. The molecule has 0 amide bonds. The van der Waals surface area contributed by atoms with Crippen LogP contribution in [0.25, 0.3) is 5.69 Å². The van der Waals surface area contributed by atoms with Gasteiger partial charge in [-0.3, -0.25) is 0 Å². The summed E-state index contributed by atoms with van der Waals surface area (Å²) in [6, 6.07) is -0.813. The van der Waals surface area contributed by atoms with E-state index in [9.17, 15) is 0 Å². The molecule has 13 heavy (non-hydrogen) atoms. The first-order valence-corrected chi connectivity index (χ1v) is 4.05. The number of rotatable bonds is 1. The van der Waals surface area contributed by atoms with Gasteiger partial charge in [0.2, 0.25) is 0 Å². The van der Waals surface area contributed by atoms with Crippen LogP contribution in [0.2, 0.25) is 0 Å². The Balaban J connectivity index is 2.84. The first-order chi connectivity index (χ1) is 9.55. The molecule has 0 atom stereocenters. The van der Waals surface area contributed by atoms with E-state index in [1.165, 1.54) is 0 Å². The molecule has 0 N–H and O–H groups in total. The summed E-state index contributed by atoms with van der Waals surface area (Å²) in [6.45, 7) is -2.68. The second kappa shape index (κ2) is 3.30. The van der Waals surface area contributed by atoms with Crippen LogP contribution in [0.5, 0.6) is 0 Å². The van der Waals surface area contributed by atoms with E-state index in [4.69, 9.17) is 11.0 Å². The zero-order valence-corrected chi connectivity index (χ0v) is 7.81. The Hall–Kier alpha value is -1.16. The summed E-state index contributed by atoms with van der Waals surface area (Å²) in [5.41, 5.74) is -0.870. The van der Waals surface area contributed by atoms with Crippen molar-refractivity contribution >= 4 is 15.9 Å². The normalized spacial score (nSPS) is 20.1. The van der Waals surface area contributed by atoms with Gasteiger partial charge in [0.05, 0.1) is 23.2 Å². The predicted octanol–water partition coefficient (Wildman–Crippen LogP) is 2.34. The van der Waals surface area contributed by atoms with Crippen LogP contribution in [0.4, 0.5) is 0 Å². The number of pyridine rings is 1.